The Bertz CT molecular complexity index is 644. The van der Waals surface area contributed by atoms with Crippen LogP contribution in [0.5, 0.6) is 0 Å². The Hall–Kier alpha value is -1.50. The van der Waals surface area contributed by atoms with Crippen LogP contribution < -0.4 is 0 Å². The van der Waals surface area contributed by atoms with Crippen LogP contribution in [-0.4, -0.2) is 53.2 Å². The molecule has 21 heavy (non-hydrogen) atoms. The molecule has 6 heteroatoms. The van der Waals surface area contributed by atoms with Crippen LogP contribution in [-0.2, 0) is 11.3 Å². The third-order valence-corrected chi connectivity index (χ3v) is 5.02. The minimum atomic E-state index is 0.00816. The lowest BCUT2D eigenvalue weighted by molar-refractivity contribution is -0.0417. The number of nitrogens with zero attached hydrogens (tertiary/aromatic N) is 3. The van der Waals surface area contributed by atoms with Crippen LogP contribution in [0.3, 0.4) is 0 Å². The highest BCUT2D eigenvalue weighted by atomic mass is 16.6. The minimum Gasteiger partial charge on any atom is -0.396 e. The average molecular weight is 289 g/mol. The van der Waals surface area contributed by atoms with Gasteiger partial charge in [0.05, 0.1) is 13.2 Å². The Morgan fingerprint density at radius 3 is 3.19 bits per heavy atom. The summed E-state index contributed by atoms with van der Waals surface area (Å²) in [6.45, 7) is 4.44. The number of hydrogen-bond acceptors (Lipinski definition) is 6. The summed E-state index contributed by atoms with van der Waals surface area (Å²) in [4.78, 5) is 2.39. The van der Waals surface area contributed by atoms with E-state index in [1.807, 2.05) is 12.1 Å². The van der Waals surface area contributed by atoms with Crippen LogP contribution in [0.15, 0.2) is 22.8 Å². The topological polar surface area (TPSA) is 71.6 Å². The second kappa shape index (κ2) is 5.05. The molecule has 0 saturated carbocycles. The molecule has 0 amide bonds. The lowest BCUT2D eigenvalue weighted by Gasteiger charge is -2.36. The zero-order valence-electron chi connectivity index (χ0n) is 11.9. The third-order valence-electron chi connectivity index (χ3n) is 5.02. The highest BCUT2D eigenvalue weighted by Crippen LogP contribution is 2.42. The van der Waals surface area contributed by atoms with E-state index in [1.54, 1.807) is 0 Å². The lowest BCUT2D eigenvalue weighted by Crippen LogP contribution is -2.41. The van der Waals surface area contributed by atoms with Crippen LogP contribution in [0.4, 0.5) is 0 Å². The smallest absolute Gasteiger partial charge is 0.139 e. The molecule has 1 N–H and O–H groups in total. The fourth-order valence-corrected chi connectivity index (χ4v) is 3.77. The number of fused-ring (bicyclic) bond motifs is 2. The van der Waals surface area contributed by atoms with Gasteiger partial charge in [0.25, 0.3) is 0 Å². The molecule has 2 atom stereocenters. The molecule has 2 aliphatic heterocycles. The van der Waals surface area contributed by atoms with E-state index in [-0.39, 0.29) is 12.0 Å². The van der Waals surface area contributed by atoms with Crippen molar-refractivity contribution in [1.29, 1.82) is 0 Å². The van der Waals surface area contributed by atoms with Crippen molar-refractivity contribution in [3.8, 4) is 0 Å². The summed E-state index contributed by atoms with van der Waals surface area (Å²) >= 11 is 0. The fourth-order valence-electron chi connectivity index (χ4n) is 3.77. The van der Waals surface area contributed by atoms with Gasteiger partial charge >= 0.3 is 0 Å². The van der Waals surface area contributed by atoms with E-state index in [4.69, 9.17) is 9.37 Å². The first kappa shape index (κ1) is 13.2. The predicted octanol–water partition coefficient (Wildman–Crippen LogP) is 1.05. The summed E-state index contributed by atoms with van der Waals surface area (Å²) in [5, 5.41) is 17.7. The average Bonchev–Trinajstić information content (AvgIpc) is 3.11. The van der Waals surface area contributed by atoms with Crippen LogP contribution in [0.25, 0.3) is 11.0 Å². The summed E-state index contributed by atoms with van der Waals surface area (Å²) in [5.41, 5.74) is 2.77. The molecular weight excluding hydrogens is 270 g/mol. The molecule has 2 saturated heterocycles. The Kier molecular flexibility index (Phi) is 3.17. The Morgan fingerprint density at radius 2 is 2.33 bits per heavy atom. The third kappa shape index (κ3) is 2.14. The van der Waals surface area contributed by atoms with Crippen molar-refractivity contribution in [1.82, 2.24) is 15.2 Å². The SMILES string of the molecule is OC[C@]12CCOC[C@H]1CN(Cc1cccc3nonc13)C2. The van der Waals surface area contributed by atoms with Gasteiger partial charge in [0, 0.05) is 37.6 Å². The molecule has 1 aromatic heterocycles. The molecule has 3 heterocycles. The molecule has 0 spiro atoms. The number of benzene rings is 1. The first-order valence-corrected chi connectivity index (χ1v) is 7.42. The van der Waals surface area contributed by atoms with Gasteiger partial charge in [-0.15, -0.1) is 0 Å². The van der Waals surface area contributed by atoms with Crippen molar-refractivity contribution < 1.29 is 14.5 Å². The van der Waals surface area contributed by atoms with Gasteiger partial charge in [-0.25, -0.2) is 4.63 Å². The van der Waals surface area contributed by atoms with Gasteiger partial charge in [-0.3, -0.25) is 4.90 Å². The lowest BCUT2D eigenvalue weighted by atomic mass is 9.75. The molecule has 0 unspecified atom stereocenters. The summed E-state index contributed by atoms with van der Waals surface area (Å²) in [6, 6.07) is 5.95. The summed E-state index contributed by atoms with van der Waals surface area (Å²) in [7, 11) is 0. The number of aliphatic hydroxyl groups is 1. The Morgan fingerprint density at radius 1 is 1.38 bits per heavy atom. The van der Waals surface area contributed by atoms with Crippen molar-refractivity contribution in [2.75, 3.05) is 32.9 Å². The first-order valence-electron chi connectivity index (χ1n) is 7.42. The molecule has 6 nitrogen and oxygen atoms in total. The molecule has 2 fully saturated rings. The van der Waals surface area contributed by atoms with Crippen molar-refractivity contribution in [2.45, 2.75) is 13.0 Å². The molecule has 1 aromatic carbocycles. The van der Waals surface area contributed by atoms with Crippen molar-refractivity contribution >= 4 is 11.0 Å². The summed E-state index contributed by atoms with van der Waals surface area (Å²) in [6.07, 6.45) is 0.945. The van der Waals surface area contributed by atoms with E-state index in [0.717, 1.165) is 55.9 Å². The zero-order valence-corrected chi connectivity index (χ0v) is 11.9. The van der Waals surface area contributed by atoms with E-state index in [1.165, 1.54) is 0 Å². The van der Waals surface area contributed by atoms with Crippen LogP contribution in [0, 0.1) is 11.3 Å². The van der Waals surface area contributed by atoms with Gasteiger partial charge in [0.15, 0.2) is 0 Å². The van der Waals surface area contributed by atoms with Crippen LogP contribution in [0.2, 0.25) is 0 Å². The molecular formula is C15H19N3O3. The first-order chi connectivity index (χ1) is 10.3. The quantitative estimate of drug-likeness (QED) is 0.911. The second-order valence-electron chi connectivity index (χ2n) is 6.26. The minimum absolute atomic E-state index is 0.00816. The summed E-state index contributed by atoms with van der Waals surface area (Å²) in [5.74, 6) is 0.422. The maximum Gasteiger partial charge on any atom is 0.139 e. The van der Waals surface area contributed by atoms with Gasteiger partial charge < -0.3 is 9.84 Å². The van der Waals surface area contributed by atoms with E-state index in [0.29, 0.717) is 5.92 Å². The van der Waals surface area contributed by atoms with E-state index >= 15 is 0 Å². The number of likely N-dealkylation sites (tertiary alicyclic amines) is 1. The molecule has 112 valence electrons. The Balaban J connectivity index is 1.57. The maximum absolute atomic E-state index is 9.85. The number of aliphatic hydroxyl groups excluding tert-OH is 1. The molecule has 0 aliphatic carbocycles. The van der Waals surface area contributed by atoms with Crippen molar-refractivity contribution in [3.05, 3.63) is 23.8 Å². The highest BCUT2D eigenvalue weighted by molar-refractivity contribution is 5.76. The zero-order chi connectivity index (χ0) is 14.3. The molecule has 2 aromatic rings. The molecule has 0 bridgehead atoms. The maximum atomic E-state index is 9.85. The number of aromatic nitrogens is 2. The number of rotatable bonds is 3. The highest BCUT2D eigenvalue weighted by Gasteiger charge is 2.47. The molecule has 0 radical (unpaired) electrons. The van der Waals surface area contributed by atoms with Gasteiger partial charge in [0.1, 0.15) is 11.0 Å². The van der Waals surface area contributed by atoms with Gasteiger partial charge in [-0.2, -0.15) is 0 Å². The standard InChI is InChI=1S/C15H19N3O3/c19-10-15-4-5-20-8-12(15)7-18(9-15)6-11-2-1-3-13-14(11)17-21-16-13/h1-3,12,19H,4-10H2/t12-,15-/m1/s1. The number of ether oxygens (including phenoxy) is 1. The predicted molar refractivity (Wildman–Crippen MR) is 75.5 cm³/mol. The monoisotopic (exact) mass is 289 g/mol. The summed E-state index contributed by atoms with van der Waals surface area (Å²) < 4.78 is 10.4. The second-order valence-corrected chi connectivity index (χ2v) is 6.26. The Labute approximate surface area is 122 Å². The number of hydrogen-bond donors (Lipinski definition) is 1. The molecule has 4 rings (SSSR count). The van der Waals surface area contributed by atoms with Crippen molar-refractivity contribution in [2.24, 2.45) is 11.3 Å². The van der Waals surface area contributed by atoms with Gasteiger partial charge in [-0.05, 0) is 28.4 Å². The fraction of sp³-hybridized carbons (Fsp3) is 0.600. The largest absolute Gasteiger partial charge is 0.396 e. The van der Waals surface area contributed by atoms with E-state index < -0.39 is 0 Å². The molecule has 2 aliphatic rings. The van der Waals surface area contributed by atoms with Gasteiger partial charge in [-0.1, -0.05) is 12.1 Å². The normalized spacial score (nSPS) is 29.9. The van der Waals surface area contributed by atoms with E-state index in [2.05, 4.69) is 21.3 Å². The van der Waals surface area contributed by atoms with Crippen molar-refractivity contribution in [3.63, 3.8) is 0 Å². The van der Waals surface area contributed by atoms with Gasteiger partial charge in [0.2, 0.25) is 0 Å². The van der Waals surface area contributed by atoms with Crippen LogP contribution >= 0.6 is 0 Å². The van der Waals surface area contributed by atoms with E-state index in [9.17, 15) is 5.11 Å². The van der Waals surface area contributed by atoms with Crippen LogP contribution in [0.1, 0.15) is 12.0 Å².